The molecule has 1 aromatic carbocycles. The van der Waals surface area contributed by atoms with E-state index >= 15 is 0 Å². The molecule has 1 aromatic rings. The molecule has 55 valence electrons. The van der Waals surface area contributed by atoms with Crippen LogP contribution in [-0.4, -0.2) is 4.92 Å². The Labute approximate surface area is 64.1 Å². The van der Waals surface area contributed by atoms with E-state index in [-0.39, 0.29) is 5.69 Å². The molecule has 1 rings (SSSR count). The number of nitro benzene ring substituents is 1. The molecule has 1 radical (unpaired) electrons. The summed E-state index contributed by atoms with van der Waals surface area (Å²) in [6, 6.07) is 7.18. The van der Waals surface area contributed by atoms with Crippen molar-refractivity contribution in [1.29, 1.82) is 0 Å². The second-order valence-electron chi connectivity index (χ2n) is 1.95. The smallest absolute Gasteiger partial charge is 0.258 e. The van der Waals surface area contributed by atoms with Gasteiger partial charge in [0.05, 0.1) is 10.5 Å². The molecule has 0 aromatic heterocycles. The minimum Gasteiger partial charge on any atom is -0.258 e. The van der Waals surface area contributed by atoms with E-state index in [1.807, 2.05) is 0 Å². The molecule has 0 fully saturated rings. The molecule has 3 nitrogen and oxygen atoms in total. The van der Waals surface area contributed by atoms with Gasteiger partial charge in [-0.15, -0.1) is 0 Å². The summed E-state index contributed by atoms with van der Waals surface area (Å²) < 4.78 is 0. The Hall–Kier alpha value is -1.64. The van der Waals surface area contributed by atoms with E-state index in [2.05, 4.69) is 12.6 Å². The number of nitro groups is 1. The second-order valence-corrected chi connectivity index (χ2v) is 1.95. The summed E-state index contributed by atoms with van der Waals surface area (Å²) in [6.45, 7) is 3.46. The van der Waals surface area contributed by atoms with Gasteiger partial charge in [0.25, 0.3) is 5.69 Å². The van der Waals surface area contributed by atoms with Crippen LogP contribution in [0.3, 0.4) is 0 Å². The summed E-state index contributed by atoms with van der Waals surface area (Å²) in [4.78, 5) is 9.87. The van der Waals surface area contributed by atoms with Gasteiger partial charge >= 0.3 is 0 Å². The van der Waals surface area contributed by atoms with Crippen LogP contribution in [0.5, 0.6) is 0 Å². The lowest BCUT2D eigenvalue weighted by Gasteiger charge is -1.93. The van der Waals surface area contributed by atoms with Crippen molar-refractivity contribution in [3.05, 3.63) is 46.5 Å². The Bertz CT molecular complexity index is 294. The van der Waals surface area contributed by atoms with E-state index in [1.165, 1.54) is 12.1 Å². The van der Waals surface area contributed by atoms with E-state index < -0.39 is 4.92 Å². The molecule has 0 N–H and O–H groups in total. The molecular weight excluding hydrogens is 142 g/mol. The summed E-state index contributed by atoms with van der Waals surface area (Å²) in [5, 5.41) is 10.3. The molecule has 3 heteroatoms. The number of hydrogen-bond acceptors (Lipinski definition) is 2. The molecule has 0 aliphatic rings. The Morgan fingerprint density at radius 1 is 1.73 bits per heavy atom. The number of nitrogens with zero attached hydrogens (tertiary/aromatic N) is 1. The van der Waals surface area contributed by atoms with E-state index in [9.17, 15) is 10.1 Å². The van der Waals surface area contributed by atoms with Gasteiger partial charge < -0.3 is 0 Å². The zero-order valence-electron chi connectivity index (χ0n) is 5.78. The highest BCUT2D eigenvalue weighted by molar-refractivity contribution is 5.58. The standard InChI is InChI=1S/C8H6NO2/c1-2-7-5-3-4-6-8(7)9(10)11/h2-3,5-6H,1H2. The van der Waals surface area contributed by atoms with Crippen molar-refractivity contribution >= 4 is 11.8 Å². The Kier molecular flexibility index (Phi) is 2.01. The molecule has 0 saturated carbocycles. The van der Waals surface area contributed by atoms with Crippen LogP contribution in [0.25, 0.3) is 6.08 Å². The largest absolute Gasteiger partial charge is 0.277 e. The van der Waals surface area contributed by atoms with Gasteiger partial charge in [-0.2, -0.15) is 0 Å². The highest BCUT2D eigenvalue weighted by Gasteiger charge is 2.07. The Balaban J connectivity index is 3.22. The van der Waals surface area contributed by atoms with Crippen LogP contribution in [-0.2, 0) is 0 Å². The van der Waals surface area contributed by atoms with Crippen molar-refractivity contribution in [2.45, 2.75) is 0 Å². The molecule has 0 aliphatic heterocycles. The predicted octanol–water partition coefficient (Wildman–Crippen LogP) is 2.04. The van der Waals surface area contributed by atoms with E-state index in [0.29, 0.717) is 5.56 Å². The lowest BCUT2D eigenvalue weighted by molar-refractivity contribution is -0.385. The third-order valence-corrected chi connectivity index (χ3v) is 1.29. The van der Waals surface area contributed by atoms with E-state index in [1.54, 1.807) is 12.1 Å². The fourth-order valence-electron chi connectivity index (χ4n) is 0.764. The SMILES string of the molecule is C=Cc1cc[c]cc1[N+](=O)[O-]. The van der Waals surface area contributed by atoms with Crippen LogP contribution < -0.4 is 0 Å². The van der Waals surface area contributed by atoms with Gasteiger partial charge in [-0.3, -0.25) is 10.1 Å². The third kappa shape index (κ3) is 1.43. The van der Waals surface area contributed by atoms with Gasteiger partial charge in [0.1, 0.15) is 0 Å². The van der Waals surface area contributed by atoms with Crippen LogP contribution in [0.2, 0.25) is 0 Å². The summed E-state index contributed by atoms with van der Waals surface area (Å²) in [5.74, 6) is 0. The maximum atomic E-state index is 10.3. The van der Waals surface area contributed by atoms with Crippen molar-refractivity contribution in [1.82, 2.24) is 0 Å². The van der Waals surface area contributed by atoms with Crippen molar-refractivity contribution < 1.29 is 4.92 Å². The molecular formula is C8H6NO2. The van der Waals surface area contributed by atoms with Crippen molar-refractivity contribution in [2.24, 2.45) is 0 Å². The lowest BCUT2D eigenvalue weighted by Crippen LogP contribution is -1.89. The second kappa shape index (κ2) is 2.96. The van der Waals surface area contributed by atoms with Gasteiger partial charge in [-0.25, -0.2) is 0 Å². The molecule has 0 aliphatic carbocycles. The van der Waals surface area contributed by atoms with Crippen LogP contribution in [0.4, 0.5) is 5.69 Å². The van der Waals surface area contributed by atoms with Gasteiger partial charge in [-0.1, -0.05) is 18.7 Å². The number of hydrogen-bond donors (Lipinski definition) is 0. The first kappa shape index (κ1) is 7.47. The maximum Gasteiger partial charge on any atom is 0.277 e. The molecule has 0 saturated heterocycles. The van der Waals surface area contributed by atoms with Crippen LogP contribution >= 0.6 is 0 Å². The normalized spacial score (nSPS) is 9.09. The number of rotatable bonds is 2. The van der Waals surface area contributed by atoms with E-state index in [0.717, 1.165) is 0 Å². The monoisotopic (exact) mass is 148 g/mol. The zero-order chi connectivity index (χ0) is 8.27. The van der Waals surface area contributed by atoms with Crippen LogP contribution in [0.15, 0.2) is 24.8 Å². The molecule has 0 bridgehead atoms. The fraction of sp³-hybridized carbons (Fsp3) is 0. The molecule has 0 atom stereocenters. The average Bonchev–Trinajstić information content (AvgIpc) is 2.04. The summed E-state index contributed by atoms with van der Waals surface area (Å²) in [6.07, 6.45) is 1.45. The van der Waals surface area contributed by atoms with Gasteiger partial charge in [0.15, 0.2) is 0 Å². The van der Waals surface area contributed by atoms with Crippen LogP contribution in [0, 0.1) is 16.2 Å². The topological polar surface area (TPSA) is 43.1 Å². The quantitative estimate of drug-likeness (QED) is 0.475. The highest BCUT2D eigenvalue weighted by atomic mass is 16.6. The van der Waals surface area contributed by atoms with Crippen molar-refractivity contribution in [3.8, 4) is 0 Å². The minimum absolute atomic E-state index is 0.0440. The first-order valence-electron chi connectivity index (χ1n) is 3.02. The molecule has 0 unspecified atom stereocenters. The number of benzene rings is 1. The first-order valence-corrected chi connectivity index (χ1v) is 3.02. The molecule has 11 heavy (non-hydrogen) atoms. The average molecular weight is 148 g/mol. The first-order chi connectivity index (χ1) is 5.25. The summed E-state index contributed by atoms with van der Waals surface area (Å²) in [5.41, 5.74) is 0.566. The van der Waals surface area contributed by atoms with Gasteiger partial charge in [-0.05, 0) is 12.1 Å². The van der Waals surface area contributed by atoms with Gasteiger partial charge in [0.2, 0.25) is 0 Å². The Morgan fingerprint density at radius 3 is 2.91 bits per heavy atom. The highest BCUT2D eigenvalue weighted by Crippen LogP contribution is 2.17. The summed E-state index contributed by atoms with van der Waals surface area (Å²) in [7, 11) is 0. The van der Waals surface area contributed by atoms with Crippen molar-refractivity contribution in [2.75, 3.05) is 0 Å². The lowest BCUT2D eigenvalue weighted by atomic mass is 10.2. The van der Waals surface area contributed by atoms with Gasteiger partial charge in [0, 0.05) is 6.07 Å². The fourth-order valence-corrected chi connectivity index (χ4v) is 0.764. The molecule has 0 heterocycles. The minimum atomic E-state index is -0.451. The van der Waals surface area contributed by atoms with Crippen LogP contribution in [0.1, 0.15) is 5.56 Å². The third-order valence-electron chi connectivity index (χ3n) is 1.29. The van der Waals surface area contributed by atoms with E-state index in [4.69, 9.17) is 0 Å². The molecule has 0 spiro atoms. The zero-order valence-corrected chi connectivity index (χ0v) is 5.78. The maximum absolute atomic E-state index is 10.3. The van der Waals surface area contributed by atoms with Crippen molar-refractivity contribution in [3.63, 3.8) is 0 Å². The molecule has 0 amide bonds. The predicted molar refractivity (Wildman–Crippen MR) is 42.0 cm³/mol. The Morgan fingerprint density at radius 2 is 2.45 bits per heavy atom. The summed E-state index contributed by atoms with van der Waals surface area (Å²) >= 11 is 0.